The van der Waals surface area contributed by atoms with Crippen LogP contribution in [0, 0.1) is 13.8 Å². The summed E-state index contributed by atoms with van der Waals surface area (Å²) in [6.45, 7) is 13.0. The van der Waals surface area contributed by atoms with Crippen LogP contribution in [0.3, 0.4) is 0 Å². The fourth-order valence-electron chi connectivity index (χ4n) is 3.25. The number of aromatic nitrogens is 2. The second kappa shape index (κ2) is 7.74. The molecule has 1 atom stereocenters. The van der Waals surface area contributed by atoms with Gasteiger partial charge in [0.15, 0.2) is 0 Å². The normalized spacial score (nSPS) is 17.0. The number of rotatable bonds is 6. The third-order valence-corrected chi connectivity index (χ3v) is 4.32. The zero-order chi connectivity index (χ0) is 15.2. The molecule has 4 nitrogen and oxygen atoms in total. The maximum atomic E-state index is 4.79. The molecular weight excluding hydrogens is 260 g/mol. The van der Waals surface area contributed by atoms with Crippen LogP contribution in [-0.4, -0.2) is 36.1 Å². The molecule has 0 amide bonds. The van der Waals surface area contributed by atoms with Gasteiger partial charge in [-0.3, -0.25) is 0 Å². The fraction of sp³-hybridized carbons (Fsp3) is 0.765. The predicted molar refractivity (Wildman–Crippen MR) is 89.1 cm³/mol. The van der Waals surface area contributed by atoms with Crippen molar-refractivity contribution in [2.24, 2.45) is 0 Å². The molecule has 0 radical (unpaired) electrons. The Balaban J connectivity index is 2.12. The second-order valence-electron chi connectivity index (χ2n) is 6.26. The van der Waals surface area contributed by atoms with E-state index < -0.39 is 0 Å². The standard InChI is InChI=1S/C17H30N4/c1-5-9-18-12-13(2)16-14(3)19-17(20-15(16)4)21-10-7-6-8-11-21/h13,18H,5-12H2,1-4H3. The predicted octanol–water partition coefficient (Wildman–Crippen LogP) is 3.19. The lowest BCUT2D eigenvalue weighted by Gasteiger charge is -2.28. The molecule has 0 bridgehead atoms. The topological polar surface area (TPSA) is 41.1 Å². The minimum atomic E-state index is 0.465. The van der Waals surface area contributed by atoms with Gasteiger partial charge in [-0.25, -0.2) is 9.97 Å². The molecule has 21 heavy (non-hydrogen) atoms. The molecule has 1 aromatic heterocycles. The van der Waals surface area contributed by atoms with Crippen molar-refractivity contribution in [3.05, 3.63) is 17.0 Å². The lowest BCUT2D eigenvalue weighted by molar-refractivity contribution is 0.564. The van der Waals surface area contributed by atoms with Crippen LogP contribution >= 0.6 is 0 Å². The van der Waals surface area contributed by atoms with Crippen LogP contribution in [0.15, 0.2) is 0 Å². The maximum absolute atomic E-state index is 4.79. The molecule has 0 aliphatic carbocycles. The number of nitrogens with zero attached hydrogens (tertiary/aromatic N) is 3. The van der Waals surface area contributed by atoms with Gasteiger partial charge in [-0.05, 0) is 57.6 Å². The second-order valence-corrected chi connectivity index (χ2v) is 6.26. The summed E-state index contributed by atoms with van der Waals surface area (Å²) in [7, 11) is 0. The summed E-state index contributed by atoms with van der Waals surface area (Å²) >= 11 is 0. The highest BCUT2D eigenvalue weighted by atomic mass is 15.3. The molecule has 4 heteroatoms. The molecule has 1 aromatic rings. The highest BCUT2D eigenvalue weighted by Gasteiger charge is 2.19. The van der Waals surface area contributed by atoms with Gasteiger partial charge in [0.25, 0.3) is 0 Å². The van der Waals surface area contributed by atoms with Crippen molar-refractivity contribution >= 4 is 5.95 Å². The van der Waals surface area contributed by atoms with Crippen LogP contribution < -0.4 is 10.2 Å². The van der Waals surface area contributed by atoms with E-state index in [0.29, 0.717) is 5.92 Å². The van der Waals surface area contributed by atoms with Gasteiger partial charge >= 0.3 is 0 Å². The molecule has 1 unspecified atom stereocenters. The van der Waals surface area contributed by atoms with E-state index in [1.165, 1.54) is 31.2 Å². The van der Waals surface area contributed by atoms with Gasteiger partial charge in [0.2, 0.25) is 5.95 Å². The number of nitrogens with one attached hydrogen (secondary N) is 1. The monoisotopic (exact) mass is 290 g/mol. The minimum Gasteiger partial charge on any atom is -0.341 e. The van der Waals surface area contributed by atoms with E-state index >= 15 is 0 Å². The number of piperidine rings is 1. The highest BCUT2D eigenvalue weighted by Crippen LogP contribution is 2.24. The van der Waals surface area contributed by atoms with Crippen molar-refractivity contribution in [3.63, 3.8) is 0 Å². The van der Waals surface area contributed by atoms with E-state index in [1.807, 2.05) is 0 Å². The van der Waals surface area contributed by atoms with Gasteiger partial charge in [0, 0.05) is 31.0 Å². The van der Waals surface area contributed by atoms with E-state index in [1.54, 1.807) is 0 Å². The molecule has 0 saturated carbocycles. The molecule has 0 aromatic carbocycles. The molecule has 0 spiro atoms. The maximum Gasteiger partial charge on any atom is 0.225 e. The minimum absolute atomic E-state index is 0.465. The van der Waals surface area contributed by atoms with Gasteiger partial charge in [0.05, 0.1) is 0 Å². The van der Waals surface area contributed by atoms with Crippen molar-refractivity contribution in [2.75, 3.05) is 31.1 Å². The molecule has 2 heterocycles. The Hall–Kier alpha value is -1.16. The van der Waals surface area contributed by atoms with Gasteiger partial charge in [-0.1, -0.05) is 13.8 Å². The number of aryl methyl sites for hydroxylation is 2. The SMILES string of the molecule is CCCNCC(C)c1c(C)nc(N2CCCCC2)nc1C. The Morgan fingerprint density at radius 2 is 1.71 bits per heavy atom. The molecule has 118 valence electrons. The summed E-state index contributed by atoms with van der Waals surface area (Å²) in [5.41, 5.74) is 3.61. The zero-order valence-corrected chi connectivity index (χ0v) is 14.1. The van der Waals surface area contributed by atoms with Crippen LogP contribution in [0.2, 0.25) is 0 Å². The smallest absolute Gasteiger partial charge is 0.225 e. The van der Waals surface area contributed by atoms with E-state index in [-0.39, 0.29) is 0 Å². The third kappa shape index (κ3) is 4.16. The number of hydrogen-bond donors (Lipinski definition) is 1. The van der Waals surface area contributed by atoms with Crippen LogP contribution in [0.25, 0.3) is 0 Å². The first-order valence-corrected chi connectivity index (χ1v) is 8.44. The fourth-order valence-corrected chi connectivity index (χ4v) is 3.25. The van der Waals surface area contributed by atoms with Gasteiger partial charge in [-0.2, -0.15) is 0 Å². The van der Waals surface area contributed by atoms with Gasteiger partial charge < -0.3 is 10.2 Å². The Morgan fingerprint density at radius 1 is 1.10 bits per heavy atom. The average Bonchev–Trinajstić information content (AvgIpc) is 2.47. The highest BCUT2D eigenvalue weighted by molar-refractivity contribution is 5.38. The lowest BCUT2D eigenvalue weighted by Crippen LogP contribution is -2.31. The Kier molecular flexibility index (Phi) is 5.97. The largest absolute Gasteiger partial charge is 0.341 e. The molecule has 1 aliphatic heterocycles. The van der Waals surface area contributed by atoms with Crippen LogP contribution in [0.1, 0.15) is 62.4 Å². The average molecular weight is 290 g/mol. The van der Waals surface area contributed by atoms with Crippen LogP contribution in [-0.2, 0) is 0 Å². The summed E-state index contributed by atoms with van der Waals surface area (Å²) < 4.78 is 0. The molecule has 1 aliphatic rings. The van der Waals surface area contributed by atoms with Crippen molar-refractivity contribution in [1.82, 2.24) is 15.3 Å². The third-order valence-electron chi connectivity index (χ3n) is 4.32. The first-order valence-electron chi connectivity index (χ1n) is 8.44. The molecular formula is C17H30N4. The van der Waals surface area contributed by atoms with E-state index in [9.17, 15) is 0 Å². The molecule has 1 N–H and O–H groups in total. The lowest BCUT2D eigenvalue weighted by atomic mass is 9.98. The van der Waals surface area contributed by atoms with Crippen LogP contribution in [0.4, 0.5) is 5.95 Å². The summed E-state index contributed by atoms with van der Waals surface area (Å²) in [4.78, 5) is 11.9. The quantitative estimate of drug-likeness (QED) is 0.817. The van der Waals surface area contributed by atoms with Crippen molar-refractivity contribution < 1.29 is 0 Å². The summed E-state index contributed by atoms with van der Waals surface area (Å²) in [5, 5.41) is 3.50. The number of anilines is 1. The van der Waals surface area contributed by atoms with E-state index in [2.05, 4.69) is 37.9 Å². The molecule has 2 rings (SSSR count). The summed E-state index contributed by atoms with van der Waals surface area (Å²) in [6, 6.07) is 0. The zero-order valence-electron chi connectivity index (χ0n) is 14.1. The Bertz CT molecular complexity index is 429. The van der Waals surface area contributed by atoms with Crippen molar-refractivity contribution in [3.8, 4) is 0 Å². The first-order chi connectivity index (χ1) is 10.1. The summed E-state index contributed by atoms with van der Waals surface area (Å²) in [6.07, 6.45) is 5.04. The summed E-state index contributed by atoms with van der Waals surface area (Å²) in [5.74, 6) is 1.40. The van der Waals surface area contributed by atoms with Crippen molar-refractivity contribution in [2.45, 2.75) is 59.3 Å². The molecule has 1 saturated heterocycles. The number of hydrogen-bond acceptors (Lipinski definition) is 4. The van der Waals surface area contributed by atoms with E-state index in [0.717, 1.165) is 43.5 Å². The van der Waals surface area contributed by atoms with E-state index in [4.69, 9.17) is 9.97 Å². The van der Waals surface area contributed by atoms with Crippen LogP contribution in [0.5, 0.6) is 0 Å². The van der Waals surface area contributed by atoms with Gasteiger partial charge in [0.1, 0.15) is 0 Å². The van der Waals surface area contributed by atoms with Gasteiger partial charge in [-0.15, -0.1) is 0 Å². The van der Waals surface area contributed by atoms with Crippen molar-refractivity contribution in [1.29, 1.82) is 0 Å². The molecule has 1 fully saturated rings. The first kappa shape index (κ1) is 16.2. The Morgan fingerprint density at radius 3 is 2.29 bits per heavy atom. The Labute approximate surface area is 129 Å².